The highest BCUT2D eigenvalue weighted by Crippen LogP contribution is 2.12. The molecule has 2 aromatic rings. The third-order valence-electron chi connectivity index (χ3n) is 2.60. The van der Waals surface area contributed by atoms with Crippen molar-refractivity contribution in [1.82, 2.24) is 15.2 Å². The summed E-state index contributed by atoms with van der Waals surface area (Å²) in [6.07, 6.45) is 0. The monoisotopic (exact) mass is 320 g/mol. The lowest BCUT2D eigenvalue weighted by Crippen LogP contribution is -2.25. The van der Waals surface area contributed by atoms with Crippen LogP contribution in [0.5, 0.6) is 0 Å². The van der Waals surface area contributed by atoms with Crippen LogP contribution in [0.2, 0.25) is 0 Å². The van der Waals surface area contributed by atoms with Crippen LogP contribution >= 0.6 is 11.8 Å². The van der Waals surface area contributed by atoms with Crippen LogP contribution in [0.15, 0.2) is 38.9 Å². The van der Waals surface area contributed by atoms with Gasteiger partial charge >= 0.3 is 5.69 Å². The molecule has 3 N–H and O–H groups in total. The average molecular weight is 320 g/mol. The van der Waals surface area contributed by atoms with Gasteiger partial charge in [-0.1, -0.05) is 11.8 Å². The zero-order valence-electron chi connectivity index (χ0n) is 11.5. The van der Waals surface area contributed by atoms with E-state index < -0.39 is 11.2 Å². The zero-order valence-corrected chi connectivity index (χ0v) is 12.3. The van der Waals surface area contributed by atoms with Crippen molar-refractivity contribution in [2.45, 2.75) is 11.9 Å². The maximum Gasteiger partial charge on any atom is 0.342 e. The van der Waals surface area contributed by atoms with Gasteiger partial charge in [0.15, 0.2) is 10.8 Å². The first-order valence-electron chi connectivity index (χ1n) is 6.18. The zero-order chi connectivity index (χ0) is 16.1. The van der Waals surface area contributed by atoms with Crippen LogP contribution in [0, 0.1) is 0 Å². The lowest BCUT2D eigenvalue weighted by molar-refractivity contribution is -0.113. The van der Waals surface area contributed by atoms with Crippen LogP contribution in [0.25, 0.3) is 0 Å². The molecule has 8 nitrogen and oxygen atoms in total. The Hall–Kier alpha value is -2.68. The molecule has 22 heavy (non-hydrogen) atoms. The fourth-order valence-electron chi connectivity index (χ4n) is 1.55. The number of carbonyl (C=O) groups excluding carboxylic acids is 2. The molecular formula is C13H12N4O4S. The highest BCUT2D eigenvalue weighted by molar-refractivity contribution is 7.99. The third-order valence-corrected chi connectivity index (χ3v) is 3.55. The first kappa shape index (κ1) is 15.7. The first-order valence-corrected chi connectivity index (χ1v) is 7.17. The quantitative estimate of drug-likeness (QED) is 0.541. The molecule has 0 aliphatic heterocycles. The summed E-state index contributed by atoms with van der Waals surface area (Å²) in [6.45, 7) is 1.46. The Labute approximate surface area is 128 Å². The lowest BCUT2D eigenvalue weighted by Gasteiger charge is -2.05. The number of nitrogens with one attached hydrogen (secondary N) is 3. The van der Waals surface area contributed by atoms with Gasteiger partial charge in [0, 0.05) is 11.3 Å². The Morgan fingerprint density at radius 1 is 1.23 bits per heavy atom. The topological polar surface area (TPSA) is 125 Å². The van der Waals surface area contributed by atoms with E-state index in [2.05, 4.69) is 15.5 Å². The number of anilines is 1. The summed E-state index contributed by atoms with van der Waals surface area (Å²) in [5.74, 6) is -0.443. The van der Waals surface area contributed by atoms with Crippen LogP contribution in [0.1, 0.15) is 17.3 Å². The van der Waals surface area contributed by atoms with Crippen molar-refractivity contribution < 1.29 is 9.59 Å². The van der Waals surface area contributed by atoms with E-state index in [1.165, 1.54) is 6.92 Å². The van der Waals surface area contributed by atoms with E-state index in [1.54, 1.807) is 24.3 Å². The first-order chi connectivity index (χ1) is 10.5. The number of aromatic nitrogens is 3. The van der Waals surface area contributed by atoms with E-state index in [1.807, 2.05) is 4.98 Å². The standard InChI is InChI=1S/C13H12N4O4S/c1-7(18)8-2-4-9(5-3-8)14-10(19)6-22-12-11(20)15-13(21)17-16-12/h2-5H,6H2,1H3,(H,14,19)(H2,15,17,20,21). The Morgan fingerprint density at radius 2 is 1.91 bits per heavy atom. The highest BCUT2D eigenvalue weighted by atomic mass is 32.2. The molecule has 1 amide bonds. The number of aromatic amines is 2. The molecule has 2 rings (SSSR count). The molecule has 0 saturated heterocycles. The van der Waals surface area contributed by atoms with Crippen molar-refractivity contribution in [3.05, 3.63) is 50.7 Å². The number of nitrogens with zero attached hydrogens (tertiary/aromatic N) is 1. The largest absolute Gasteiger partial charge is 0.342 e. The molecule has 114 valence electrons. The smallest absolute Gasteiger partial charge is 0.325 e. The van der Waals surface area contributed by atoms with Gasteiger partial charge in [0.05, 0.1) is 5.75 Å². The van der Waals surface area contributed by atoms with Crippen molar-refractivity contribution in [2.24, 2.45) is 0 Å². The van der Waals surface area contributed by atoms with Crippen LogP contribution in [-0.4, -0.2) is 32.6 Å². The lowest BCUT2D eigenvalue weighted by atomic mass is 10.1. The summed E-state index contributed by atoms with van der Waals surface area (Å²) in [7, 11) is 0. The van der Waals surface area contributed by atoms with Crippen molar-refractivity contribution in [1.29, 1.82) is 0 Å². The van der Waals surface area contributed by atoms with Gasteiger partial charge in [-0.15, -0.1) is 0 Å². The molecule has 0 unspecified atom stereocenters. The van der Waals surface area contributed by atoms with E-state index >= 15 is 0 Å². The number of amides is 1. The van der Waals surface area contributed by atoms with Gasteiger partial charge in [-0.25, -0.2) is 9.89 Å². The molecule has 0 radical (unpaired) electrons. The summed E-state index contributed by atoms with van der Waals surface area (Å²) >= 11 is 0.900. The van der Waals surface area contributed by atoms with E-state index in [4.69, 9.17) is 0 Å². The molecule has 0 spiro atoms. The van der Waals surface area contributed by atoms with Crippen LogP contribution < -0.4 is 16.6 Å². The molecule has 0 atom stereocenters. The Kier molecular flexibility index (Phi) is 4.89. The predicted molar refractivity (Wildman–Crippen MR) is 81.3 cm³/mol. The third kappa shape index (κ3) is 4.16. The number of ketones is 1. The van der Waals surface area contributed by atoms with Crippen LogP contribution in [0.4, 0.5) is 5.69 Å². The van der Waals surface area contributed by atoms with Crippen LogP contribution in [0.3, 0.4) is 0 Å². The van der Waals surface area contributed by atoms with Gasteiger partial charge < -0.3 is 5.32 Å². The molecule has 0 aliphatic rings. The Bertz CT molecular complexity index is 810. The van der Waals surface area contributed by atoms with Gasteiger partial charge in [0.1, 0.15) is 0 Å². The molecule has 0 aliphatic carbocycles. The number of Topliss-reactive ketones (excluding diaryl/α,β-unsaturated/α-hetero) is 1. The fourth-order valence-corrected chi connectivity index (χ4v) is 2.19. The van der Waals surface area contributed by atoms with E-state index in [0.29, 0.717) is 11.3 Å². The molecule has 0 fully saturated rings. The number of hydrogen-bond donors (Lipinski definition) is 3. The maximum absolute atomic E-state index is 11.8. The molecular weight excluding hydrogens is 308 g/mol. The minimum absolute atomic E-state index is 0.00155. The number of H-pyrrole nitrogens is 2. The minimum Gasteiger partial charge on any atom is -0.325 e. The summed E-state index contributed by atoms with van der Waals surface area (Å²) in [4.78, 5) is 47.1. The maximum atomic E-state index is 11.8. The molecule has 1 aromatic carbocycles. The Morgan fingerprint density at radius 3 is 2.50 bits per heavy atom. The van der Waals surface area contributed by atoms with Gasteiger partial charge in [0.2, 0.25) is 5.91 Å². The minimum atomic E-state index is -0.704. The molecule has 1 aromatic heterocycles. The average Bonchev–Trinajstić information content (AvgIpc) is 2.47. The number of benzene rings is 1. The number of thioether (sulfide) groups is 1. The van der Waals surface area contributed by atoms with E-state index in [0.717, 1.165) is 11.8 Å². The van der Waals surface area contributed by atoms with Crippen molar-refractivity contribution >= 4 is 29.1 Å². The highest BCUT2D eigenvalue weighted by Gasteiger charge is 2.08. The van der Waals surface area contributed by atoms with Gasteiger partial charge in [-0.2, -0.15) is 5.10 Å². The van der Waals surface area contributed by atoms with Crippen LogP contribution in [-0.2, 0) is 4.79 Å². The SMILES string of the molecule is CC(=O)c1ccc(NC(=O)CSc2n[nH]c(=O)[nH]c2=O)cc1. The number of carbonyl (C=O) groups is 2. The molecule has 0 saturated carbocycles. The van der Waals surface area contributed by atoms with Gasteiger partial charge in [0.25, 0.3) is 5.56 Å². The normalized spacial score (nSPS) is 10.2. The van der Waals surface area contributed by atoms with Gasteiger partial charge in [-0.3, -0.25) is 19.4 Å². The number of hydrogen-bond acceptors (Lipinski definition) is 6. The van der Waals surface area contributed by atoms with Crippen molar-refractivity contribution in [3.8, 4) is 0 Å². The molecule has 1 heterocycles. The predicted octanol–water partition coefficient (Wildman–Crippen LogP) is 0.392. The van der Waals surface area contributed by atoms with E-state index in [9.17, 15) is 19.2 Å². The second-order valence-corrected chi connectivity index (χ2v) is 5.25. The molecule has 9 heteroatoms. The second-order valence-electron chi connectivity index (χ2n) is 4.28. The molecule has 0 bridgehead atoms. The number of rotatable bonds is 5. The summed E-state index contributed by atoms with van der Waals surface area (Å²) in [6, 6.07) is 6.45. The van der Waals surface area contributed by atoms with E-state index in [-0.39, 0.29) is 22.5 Å². The summed E-state index contributed by atoms with van der Waals surface area (Å²) < 4.78 is 0. The summed E-state index contributed by atoms with van der Waals surface area (Å²) in [5, 5.41) is 8.27. The van der Waals surface area contributed by atoms with Crippen molar-refractivity contribution in [3.63, 3.8) is 0 Å². The second kappa shape index (κ2) is 6.85. The fraction of sp³-hybridized carbons (Fsp3) is 0.154. The Balaban J connectivity index is 1.94. The summed E-state index contributed by atoms with van der Waals surface area (Å²) in [5.41, 5.74) is -0.257. The van der Waals surface area contributed by atoms with Gasteiger partial charge in [-0.05, 0) is 31.2 Å². The van der Waals surface area contributed by atoms with Crippen molar-refractivity contribution in [2.75, 3.05) is 11.1 Å².